The number of carbonyl (C=O) groups is 1. The Bertz CT molecular complexity index is 691. The van der Waals surface area contributed by atoms with E-state index in [1.54, 1.807) is 0 Å². The fourth-order valence-corrected chi connectivity index (χ4v) is 3.59. The van der Waals surface area contributed by atoms with Crippen LogP contribution in [0.15, 0.2) is 24.4 Å². The molecule has 2 unspecified atom stereocenters. The van der Waals surface area contributed by atoms with Gasteiger partial charge in [-0.05, 0) is 37.7 Å². The standard InChI is InChI=1S/C18H24N4O/c23-18(21-15-7-8-15)12-3-2-6-16(9-12)19-10-13-4-1-5-14-11-20-22-17(13)14/h1,4-5,11-12,15-16,19H,2-3,6-10H2,(H,20,22)(H,21,23). The van der Waals surface area contributed by atoms with E-state index in [0.717, 1.165) is 56.0 Å². The zero-order valence-electron chi connectivity index (χ0n) is 13.3. The van der Waals surface area contributed by atoms with Gasteiger partial charge < -0.3 is 10.6 Å². The molecule has 2 aliphatic rings. The highest BCUT2D eigenvalue weighted by molar-refractivity contribution is 5.81. The number of hydrogen-bond donors (Lipinski definition) is 3. The fraction of sp³-hybridized carbons (Fsp3) is 0.556. The van der Waals surface area contributed by atoms with Crippen molar-refractivity contribution in [1.29, 1.82) is 0 Å². The molecule has 0 spiro atoms. The maximum Gasteiger partial charge on any atom is 0.223 e. The van der Waals surface area contributed by atoms with Crippen LogP contribution >= 0.6 is 0 Å². The van der Waals surface area contributed by atoms with Crippen molar-refractivity contribution < 1.29 is 4.79 Å². The molecule has 23 heavy (non-hydrogen) atoms. The van der Waals surface area contributed by atoms with Crippen LogP contribution in [0.5, 0.6) is 0 Å². The van der Waals surface area contributed by atoms with Crippen LogP contribution < -0.4 is 10.6 Å². The van der Waals surface area contributed by atoms with Crippen LogP contribution in [0.3, 0.4) is 0 Å². The van der Waals surface area contributed by atoms with Gasteiger partial charge in [0.05, 0.1) is 11.7 Å². The van der Waals surface area contributed by atoms with Crippen molar-refractivity contribution in [1.82, 2.24) is 20.8 Å². The largest absolute Gasteiger partial charge is 0.353 e. The molecule has 5 nitrogen and oxygen atoms in total. The number of rotatable bonds is 5. The maximum absolute atomic E-state index is 12.3. The third-order valence-electron chi connectivity index (χ3n) is 5.11. The first-order chi connectivity index (χ1) is 11.3. The number of hydrogen-bond acceptors (Lipinski definition) is 3. The minimum atomic E-state index is 0.185. The van der Waals surface area contributed by atoms with E-state index < -0.39 is 0 Å². The predicted octanol–water partition coefficient (Wildman–Crippen LogP) is 2.49. The molecule has 1 aromatic carbocycles. The second-order valence-electron chi connectivity index (χ2n) is 6.98. The summed E-state index contributed by atoms with van der Waals surface area (Å²) in [6, 6.07) is 7.17. The van der Waals surface area contributed by atoms with E-state index in [-0.39, 0.29) is 11.8 Å². The number of nitrogens with one attached hydrogen (secondary N) is 3. The van der Waals surface area contributed by atoms with Gasteiger partial charge in [-0.2, -0.15) is 5.10 Å². The number of benzene rings is 1. The van der Waals surface area contributed by atoms with Crippen molar-refractivity contribution in [2.45, 2.75) is 57.2 Å². The Morgan fingerprint density at radius 2 is 2.13 bits per heavy atom. The van der Waals surface area contributed by atoms with Gasteiger partial charge in [-0.15, -0.1) is 0 Å². The lowest BCUT2D eigenvalue weighted by atomic mass is 9.85. The summed E-state index contributed by atoms with van der Waals surface area (Å²) >= 11 is 0. The highest BCUT2D eigenvalue weighted by atomic mass is 16.2. The van der Waals surface area contributed by atoms with Gasteiger partial charge in [0.15, 0.2) is 0 Å². The first-order valence-corrected chi connectivity index (χ1v) is 8.74. The average Bonchev–Trinajstić information content (AvgIpc) is 3.25. The van der Waals surface area contributed by atoms with Crippen molar-refractivity contribution in [3.8, 4) is 0 Å². The second-order valence-corrected chi connectivity index (χ2v) is 6.98. The lowest BCUT2D eigenvalue weighted by Crippen LogP contribution is -2.40. The lowest BCUT2D eigenvalue weighted by Gasteiger charge is -2.29. The van der Waals surface area contributed by atoms with Gasteiger partial charge in [-0.3, -0.25) is 9.89 Å². The molecule has 1 heterocycles. The van der Waals surface area contributed by atoms with Gasteiger partial charge in [0.25, 0.3) is 0 Å². The third kappa shape index (κ3) is 3.39. The molecular formula is C18H24N4O. The molecule has 3 N–H and O–H groups in total. The van der Waals surface area contributed by atoms with Crippen LogP contribution in [0.1, 0.15) is 44.1 Å². The topological polar surface area (TPSA) is 69.8 Å². The quantitative estimate of drug-likeness (QED) is 0.794. The Hall–Kier alpha value is -1.88. The van der Waals surface area contributed by atoms with Crippen molar-refractivity contribution in [2.24, 2.45) is 5.92 Å². The molecule has 0 bridgehead atoms. The van der Waals surface area contributed by atoms with Crippen LogP contribution in [0.2, 0.25) is 0 Å². The summed E-state index contributed by atoms with van der Waals surface area (Å²) in [7, 11) is 0. The molecule has 122 valence electrons. The molecule has 1 aromatic heterocycles. The predicted molar refractivity (Wildman–Crippen MR) is 89.8 cm³/mol. The number of carbonyl (C=O) groups excluding carboxylic acids is 1. The van der Waals surface area contributed by atoms with E-state index in [2.05, 4.69) is 39.0 Å². The van der Waals surface area contributed by atoms with Gasteiger partial charge in [0.1, 0.15) is 0 Å². The zero-order valence-corrected chi connectivity index (χ0v) is 13.3. The Kier molecular flexibility index (Phi) is 4.04. The van der Waals surface area contributed by atoms with Crippen LogP contribution in [0.25, 0.3) is 10.9 Å². The molecule has 5 heteroatoms. The summed E-state index contributed by atoms with van der Waals surface area (Å²) in [5, 5.41) is 15.1. The van der Waals surface area contributed by atoms with Crippen LogP contribution in [-0.4, -0.2) is 28.2 Å². The van der Waals surface area contributed by atoms with Gasteiger partial charge in [0.2, 0.25) is 5.91 Å². The van der Waals surface area contributed by atoms with Crippen LogP contribution in [-0.2, 0) is 11.3 Å². The Balaban J connectivity index is 1.35. The maximum atomic E-state index is 12.3. The van der Waals surface area contributed by atoms with Gasteiger partial charge in [0, 0.05) is 29.9 Å². The minimum Gasteiger partial charge on any atom is -0.353 e. The molecule has 2 fully saturated rings. The molecule has 4 rings (SSSR count). The number of amides is 1. The smallest absolute Gasteiger partial charge is 0.223 e. The summed E-state index contributed by atoms with van der Waals surface area (Å²) in [4.78, 5) is 12.3. The molecular weight excluding hydrogens is 288 g/mol. The summed E-state index contributed by atoms with van der Waals surface area (Å²) in [5.41, 5.74) is 2.35. The van der Waals surface area contributed by atoms with Crippen molar-refractivity contribution in [2.75, 3.05) is 0 Å². The number of H-pyrrole nitrogens is 1. The van der Waals surface area contributed by atoms with Crippen molar-refractivity contribution in [3.05, 3.63) is 30.0 Å². The average molecular weight is 312 g/mol. The molecule has 0 aliphatic heterocycles. The number of nitrogens with zero attached hydrogens (tertiary/aromatic N) is 1. The Morgan fingerprint density at radius 3 is 3.00 bits per heavy atom. The highest BCUT2D eigenvalue weighted by Crippen LogP contribution is 2.27. The first kappa shape index (κ1) is 14.7. The molecule has 1 amide bonds. The number of aromatic amines is 1. The zero-order chi connectivity index (χ0) is 15.6. The molecule has 0 radical (unpaired) electrons. The van der Waals surface area contributed by atoms with Crippen molar-refractivity contribution in [3.63, 3.8) is 0 Å². The van der Waals surface area contributed by atoms with E-state index in [4.69, 9.17) is 0 Å². The van der Waals surface area contributed by atoms with E-state index in [1.165, 1.54) is 5.56 Å². The Labute approximate surface area is 136 Å². The van der Waals surface area contributed by atoms with Crippen molar-refractivity contribution >= 4 is 16.8 Å². The minimum absolute atomic E-state index is 0.185. The SMILES string of the molecule is O=C(NC1CC1)C1CCCC(NCc2cccc3cn[nH]c23)C1. The lowest BCUT2D eigenvalue weighted by molar-refractivity contribution is -0.126. The highest BCUT2D eigenvalue weighted by Gasteiger charge is 2.31. The molecule has 2 aliphatic carbocycles. The van der Waals surface area contributed by atoms with Crippen LogP contribution in [0, 0.1) is 5.92 Å². The second kappa shape index (κ2) is 6.32. The summed E-state index contributed by atoms with van der Waals surface area (Å²) in [6.07, 6.45) is 8.46. The molecule has 2 saturated carbocycles. The summed E-state index contributed by atoms with van der Waals surface area (Å²) in [6.45, 7) is 0.821. The van der Waals surface area contributed by atoms with E-state index in [0.29, 0.717) is 12.1 Å². The number of aromatic nitrogens is 2. The van der Waals surface area contributed by atoms with E-state index >= 15 is 0 Å². The summed E-state index contributed by atoms with van der Waals surface area (Å²) < 4.78 is 0. The van der Waals surface area contributed by atoms with Gasteiger partial charge >= 0.3 is 0 Å². The third-order valence-corrected chi connectivity index (χ3v) is 5.11. The normalized spacial score (nSPS) is 24.7. The van der Waals surface area contributed by atoms with E-state index in [9.17, 15) is 4.79 Å². The fourth-order valence-electron chi connectivity index (χ4n) is 3.59. The first-order valence-electron chi connectivity index (χ1n) is 8.74. The number of para-hydroxylation sites is 1. The number of fused-ring (bicyclic) bond motifs is 1. The Morgan fingerprint density at radius 1 is 1.22 bits per heavy atom. The molecule has 2 aromatic rings. The van der Waals surface area contributed by atoms with Gasteiger partial charge in [-0.1, -0.05) is 24.6 Å². The molecule has 2 atom stereocenters. The van der Waals surface area contributed by atoms with E-state index in [1.807, 2.05) is 6.20 Å². The van der Waals surface area contributed by atoms with Gasteiger partial charge in [-0.25, -0.2) is 0 Å². The monoisotopic (exact) mass is 312 g/mol. The summed E-state index contributed by atoms with van der Waals surface area (Å²) in [5.74, 6) is 0.458. The molecule has 0 saturated heterocycles. The van der Waals surface area contributed by atoms with Crippen LogP contribution in [0.4, 0.5) is 0 Å².